The fourth-order valence-electron chi connectivity index (χ4n) is 3.10. The Balaban J connectivity index is 1.76. The molecule has 2 heterocycles. The van der Waals surface area contributed by atoms with Crippen LogP contribution in [0.25, 0.3) is 10.9 Å². The summed E-state index contributed by atoms with van der Waals surface area (Å²) in [4.78, 5) is 28.6. The van der Waals surface area contributed by atoms with Crippen LogP contribution in [0.5, 0.6) is 0 Å². The highest BCUT2D eigenvalue weighted by Crippen LogP contribution is 2.27. The standard InChI is InChI=1S/C17H21N3O3/c1-10(2)15(16(21)22)19-17(23)20-8-7-12-11-5-3-4-6-13(11)18-14(12)9-20/h3-6,10,15,18H,7-9H2,1-2H3,(H,19,23)(H,21,22). The number of aromatic nitrogens is 1. The Kier molecular flexibility index (Phi) is 3.98. The van der Waals surface area contributed by atoms with Gasteiger partial charge >= 0.3 is 12.0 Å². The Hall–Kier alpha value is -2.50. The van der Waals surface area contributed by atoms with Gasteiger partial charge in [-0.2, -0.15) is 0 Å². The minimum Gasteiger partial charge on any atom is -0.480 e. The molecule has 3 rings (SSSR count). The largest absolute Gasteiger partial charge is 0.480 e. The quantitative estimate of drug-likeness (QED) is 0.812. The predicted molar refractivity (Wildman–Crippen MR) is 87.2 cm³/mol. The number of aromatic amines is 1. The lowest BCUT2D eigenvalue weighted by atomic mass is 10.0. The minimum absolute atomic E-state index is 0.162. The Morgan fingerprint density at radius 1 is 1.30 bits per heavy atom. The normalized spacial score (nSPS) is 15.5. The molecule has 1 aromatic heterocycles. The van der Waals surface area contributed by atoms with Gasteiger partial charge in [-0.15, -0.1) is 0 Å². The third-order valence-corrected chi connectivity index (χ3v) is 4.38. The number of nitrogens with zero attached hydrogens (tertiary/aromatic N) is 1. The maximum absolute atomic E-state index is 12.4. The molecule has 0 fully saturated rings. The van der Waals surface area contributed by atoms with Crippen LogP contribution in [0.3, 0.4) is 0 Å². The number of carbonyl (C=O) groups excluding carboxylic acids is 1. The van der Waals surface area contributed by atoms with Crippen LogP contribution in [-0.4, -0.2) is 39.6 Å². The van der Waals surface area contributed by atoms with E-state index in [-0.39, 0.29) is 11.9 Å². The van der Waals surface area contributed by atoms with Crippen molar-refractivity contribution in [2.45, 2.75) is 32.9 Å². The lowest BCUT2D eigenvalue weighted by Gasteiger charge is -2.29. The molecule has 122 valence electrons. The Labute approximate surface area is 134 Å². The van der Waals surface area contributed by atoms with E-state index in [1.807, 2.05) is 18.2 Å². The summed E-state index contributed by atoms with van der Waals surface area (Å²) in [5, 5.41) is 13.0. The number of carbonyl (C=O) groups is 2. The van der Waals surface area contributed by atoms with Gasteiger partial charge in [0.15, 0.2) is 0 Å². The molecule has 2 aromatic rings. The number of benzene rings is 1. The highest BCUT2D eigenvalue weighted by Gasteiger charge is 2.28. The van der Waals surface area contributed by atoms with Crippen molar-refractivity contribution in [3.63, 3.8) is 0 Å². The number of carboxylic acid groups (broad SMARTS) is 1. The fourth-order valence-corrected chi connectivity index (χ4v) is 3.10. The molecule has 1 aromatic carbocycles. The molecule has 0 saturated carbocycles. The summed E-state index contributed by atoms with van der Waals surface area (Å²) in [7, 11) is 0. The van der Waals surface area contributed by atoms with Crippen LogP contribution in [0.15, 0.2) is 24.3 Å². The van der Waals surface area contributed by atoms with E-state index < -0.39 is 12.0 Å². The third-order valence-electron chi connectivity index (χ3n) is 4.38. The van der Waals surface area contributed by atoms with Gasteiger partial charge in [0.25, 0.3) is 0 Å². The molecule has 1 unspecified atom stereocenters. The number of carboxylic acids is 1. The summed E-state index contributed by atoms with van der Waals surface area (Å²) in [6.07, 6.45) is 0.770. The maximum Gasteiger partial charge on any atom is 0.326 e. The first-order chi connectivity index (χ1) is 11.0. The lowest BCUT2D eigenvalue weighted by Crippen LogP contribution is -2.51. The average molecular weight is 315 g/mol. The topological polar surface area (TPSA) is 85.4 Å². The molecular weight excluding hydrogens is 294 g/mol. The van der Waals surface area contributed by atoms with Crippen LogP contribution >= 0.6 is 0 Å². The molecule has 0 spiro atoms. The second-order valence-corrected chi connectivity index (χ2v) is 6.31. The molecule has 6 nitrogen and oxygen atoms in total. The molecular formula is C17H21N3O3. The number of hydrogen-bond acceptors (Lipinski definition) is 2. The SMILES string of the molecule is CC(C)C(NC(=O)N1CCc2c([nH]c3ccccc23)C1)C(=O)O. The van der Waals surface area contributed by atoms with Gasteiger partial charge in [-0.1, -0.05) is 32.0 Å². The summed E-state index contributed by atoms with van der Waals surface area (Å²) < 4.78 is 0. The molecule has 1 aliphatic rings. The van der Waals surface area contributed by atoms with E-state index >= 15 is 0 Å². The monoisotopic (exact) mass is 315 g/mol. The Bertz CT molecular complexity index is 751. The number of aliphatic carboxylic acids is 1. The van der Waals surface area contributed by atoms with Crippen molar-refractivity contribution in [1.82, 2.24) is 15.2 Å². The van der Waals surface area contributed by atoms with Crippen molar-refractivity contribution >= 4 is 22.9 Å². The van der Waals surface area contributed by atoms with Gasteiger partial charge in [0.1, 0.15) is 6.04 Å². The van der Waals surface area contributed by atoms with Crippen molar-refractivity contribution < 1.29 is 14.7 Å². The first-order valence-corrected chi connectivity index (χ1v) is 7.84. The van der Waals surface area contributed by atoms with E-state index in [9.17, 15) is 14.7 Å². The highest BCUT2D eigenvalue weighted by molar-refractivity contribution is 5.86. The molecule has 0 radical (unpaired) electrons. The molecule has 6 heteroatoms. The van der Waals surface area contributed by atoms with Crippen molar-refractivity contribution in [3.8, 4) is 0 Å². The van der Waals surface area contributed by atoms with Gasteiger partial charge in [-0.05, 0) is 24.0 Å². The Morgan fingerprint density at radius 2 is 2.04 bits per heavy atom. The third kappa shape index (κ3) is 2.88. The predicted octanol–water partition coefficient (Wildman–Crippen LogP) is 2.34. The maximum atomic E-state index is 12.4. The van der Waals surface area contributed by atoms with E-state index in [0.29, 0.717) is 13.1 Å². The van der Waals surface area contributed by atoms with E-state index in [2.05, 4.69) is 16.4 Å². The van der Waals surface area contributed by atoms with Gasteiger partial charge in [0, 0.05) is 23.1 Å². The van der Waals surface area contributed by atoms with Gasteiger partial charge in [0.2, 0.25) is 0 Å². The molecule has 1 atom stereocenters. The average Bonchev–Trinajstić information content (AvgIpc) is 2.89. The number of amides is 2. The summed E-state index contributed by atoms with van der Waals surface area (Å²) in [5.74, 6) is -1.17. The van der Waals surface area contributed by atoms with Crippen molar-refractivity contribution in [2.24, 2.45) is 5.92 Å². The van der Waals surface area contributed by atoms with Crippen LogP contribution < -0.4 is 5.32 Å². The molecule has 0 bridgehead atoms. The van der Waals surface area contributed by atoms with E-state index in [4.69, 9.17) is 0 Å². The summed E-state index contributed by atoms with van der Waals surface area (Å²) in [6, 6.07) is 6.91. The fraction of sp³-hybridized carbons (Fsp3) is 0.412. The zero-order valence-corrected chi connectivity index (χ0v) is 13.3. The molecule has 0 aliphatic carbocycles. The first-order valence-electron chi connectivity index (χ1n) is 7.84. The smallest absolute Gasteiger partial charge is 0.326 e. The van der Waals surface area contributed by atoms with E-state index in [0.717, 1.165) is 17.6 Å². The van der Waals surface area contributed by atoms with Gasteiger partial charge in [-0.3, -0.25) is 0 Å². The number of urea groups is 1. The number of nitrogens with one attached hydrogen (secondary N) is 2. The van der Waals surface area contributed by atoms with E-state index in [1.165, 1.54) is 10.9 Å². The minimum atomic E-state index is -1.00. The first kappa shape index (κ1) is 15.4. The number of para-hydroxylation sites is 1. The molecule has 23 heavy (non-hydrogen) atoms. The van der Waals surface area contributed by atoms with Crippen LogP contribution in [0.2, 0.25) is 0 Å². The van der Waals surface area contributed by atoms with Crippen LogP contribution in [0, 0.1) is 5.92 Å². The lowest BCUT2D eigenvalue weighted by molar-refractivity contribution is -0.140. The molecule has 1 aliphatic heterocycles. The zero-order valence-electron chi connectivity index (χ0n) is 13.3. The van der Waals surface area contributed by atoms with Crippen molar-refractivity contribution in [2.75, 3.05) is 6.54 Å². The van der Waals surface area contributed by atoms with Crippen molar-refractivity contribution in [1.29, 1.82) is 0 Å². The summed E-state index contributed by atoms with van der Waals surface area (Å²) >= 11 is 0. The van der Waals surface area contributed by atoms with E-state index in [1.54, 1.807) is 18.7 Å². The van der Waals surface area contributed by atoms with Crippen molar-refractivity contribution in [3.05, 3.63) is 35.5 Å². The number of hydrogen-bond donors (Lipinski definition) is 3. The molecule has 0 saturated heterocycles. The van der Waals surface area contributed by atoms with Gasteiger partial charge in [-0.25, -0.2) is 9.59 Å². The van der Waals surface area contributed by atoms with Gasteiger partial charge < -0.3 is 20.3 Å². The Morgan fingerprint density at radius 3 is 2.74 bits per heavy atom. The summed E-state index contributed by atoms with van der Waals surface area (Å²) in [5.41, 5.74) is 3.36. The van der Waals surface area contributed by atoms with Crippen LogP contribution in [0.1, 0.15) is 25.1 Å². The second-order valence-electron chi connectivity index (χ2n) is 6.31. The van der Waals surface area contributed by atoms with Crippen LogP contribution in [0.4, 0.5) is 4.79 Å². The number of fused-ring (bicyclic) bond motifs is 3. The highest BCUT2D eigenvalue weighted by atomic mass is 16.4. The van der Waals surface area contributed by atoms with Crippen LogP contribution in [-0.2, 0) is 17.8 Å². The summed E-state index contributed by atoms with van der Waals surface area (Å²) in [6.45, 7) is 4.63. The number of H-pyrrole nitrogens is 1. The zero-order chi connectivity index (χ0) is 16.6. The van der Waals surface area contributed by atoms with Gasteiger partial charge in [0.05, 0.1) is 6.54 Å². The second kappa shape index (κ2) is 5.95. The molecule has 2 amide bonds. The molecule has 3 N–H and O–H groups in total. The number of rotatable bonds is 3.